The monoisotopic (exact) mass is 437 g/mol. The molecule has 5 nitrogen and oxygen atoms in total. The summed E-state index contributed by atoms with van der Waals surface area (Å²) in [4.78, 5) is 1.76. The number of nitrogens with one attached hydrogen (secondary N) is 1. The lowest BCUT2D eigenvalue weighted by molar-refractivity contribution is 0.868. The van der Waals surface area contributed by atoms with Gasteiger partial charge in [0.15, 0.2) is 0 Å². The van der Waals surface area contributed by atoms with E-state index in [-0.39, 0.29) is 0 Å². The molecule has 0 aliphatic carbocycles. The fraction of sp³-hybridized carbons (Fsp3) is 0.0526. The van der Waals surface area contributed by atoms with E-state index in [0.717, 1.165) is 20.5 Å². The van der Waals surface area contributed by atoms with Gasteiger partial charge < -0.3 is 11.1 Å². The van der Waals surface area contributed by atoms with E-state index in [1.165, 1.54) is 0 Å². The second kappa shape index (κ2) is 5.83. The van der Waals surface area contributed by atoms with E-state index >= 15 is 0 Å². The summed E-state index contributed by atoms with van der Waals surface area (Å²) >= 11 is 2.22. The quantitative estimate of drug-likeness (QED) is 0.664. The van der Waals surface area contributed by atoms with Crippen molar-refractivity contribution >= 4 is 34.0 Å². The number of para-hydroxylation sites is 2. The normalized spacial score (nSPS) is 18.2. The third-order valence-corrected chi connectivity index (χ3v) is 5.06. The molecule has 4 rings (SSSR count). The van der Waals surface area contributed by atoms with Crippen LogP contribution in [0.25, 0.3) is 0 Å². The Morgan fingerprint density at radius 2 is 1.80 bits per heavy atom. The molecule has 0 amide bonds. The van der Waals surface area contributed by atoms with Crippen LogP contribution in [0.4, 0.5) is 11.4 Å². The summed E-state index contributed by atoms with van der Waals surface area (Å²) in [5, 5.41) is 22.9. The summed E-state index contributed by atoms with van der Waals surface area (Å²) in [7, 11) is 0. The van der Waals surface area contributed by atoms with Crippen LogP contribution in [0.3, 0.4) is 0 Å². The summed E-state index contributed by atoms with van der Waals surface area (Å²) in [6, 6.07) is 20.0. The zero-order valence-corrected chi connectivity index (χ0v) is 15.2. The van der Waals surface area contributed by atoms with Crippen molar-refractivity contribution in [3.05, 3.63) is 80.5 Å². The molecule has 25 heavy (non-hydrogen) atoms. The summed E-state index contributed by atoms with van der Waals surface area (Å²) in [6.07, 6.45) is 0. The molecule has 3 N–H and O–H groups in total. The Morgan fingerprint density at radius 3 is 2.52 bits per heavy atom. The zero-order valence-electron chi connectivity index (χ0n) is 13.0. The van der Waals surface area contributed by atoms with Crippen LogP contribution in [0.5, 0.6) is 0 Å². The molecule has 0 spiro atoms. The highest BCUT2D eigenvalue weighted by Gasteiger charge is 2.40. The fourth-order valence-electron chi connectivity index (χ4n) is 3.32. The fourth-order valence-corrected chi connectivity index (χ4v) is 3.89. The van der Waals surface area contributed by atoms with Gasteiger partial charge in [-0.25, -0.2) is 0 Å². The molecular weight excluding hydrogens is 425 g/mol. The average Bonchev–Trinajstić information content (AvgIpc) is 3.01. The largest absolute Gasteiger partial charge is 0.384 e. The number of hydrogen-bond acceptors (Lipinski definition) is 5. The number of nitrogens with two attached hydrogens (primary N) is 1. The van der Waals surface area contributed by atoms with E-state index in [1.807, 2.05) is 48.5 Å². The molecule has 0 saturated carbocycles. The number of nitrogens with zero attached hydrogens (tertiary/aromatic N) is 3. The van der Waals surface area contributed by atoms with Crippen LogP contribution in [0.1, 0.15) is 11.5 Å². The third kappa shape index (κ3) is 2.26. The minimum Gasteiger partial charge on any atom is -0.384 e. The Balaban J connectivity index is 1.98. The van der Waals surface area contributed by atoms with Gasteiger partial charge in [-0.3, -0.25) is 4.90 Å². The second-order valence-electron chi connectivity index (χ2n) is 5.75. The average molecular weight is 437 g/mol. The van der Waals surface area contributed by atoms with Gasteiger partial charge in [-0.15, -0.1) is 0 Å². The first-order chi connectivity index (χ1) is 12.2. The van der Waals surface area contributed by atoms with E-state index in [4.69, 9.17) is 5.73 Å². The Kier molecular flexibility index (Phi) is 3.63. The number of anilines is 2. The minimum absolute atomic E-state index is 0.359. The van der Waals surface area contributed by atoms with E-state index in [0.29, 0.717) is 22.8 Å². The molecule has 2 aromatic rings. The molecule has 2 heterocycles. The molecular formula is C19H12IN5. The molecule has 2 aliphatic heterocycles. The van der Waals surface area contributed by atoms with Gasteiger partial charge in [0, 0.05) is 3.57 Å². The predicted molar refractivity (Wildman–Crippen MR) is 104 cm³/mol. The van der Waals surface area contributed by atoms with Crippen molar-refractivity contribution < 1.29 is 0 Å². The summed E-state index contributed by atoms with van der Waals surface area (Å²) in [6.45, 7) is 0. The van der Waals surface area contributed by atoms with Crippen LogP contribution >= 0.6 is 22.6 Å². The van der Waals surface area contributed by atoms with Gasteiger partial charge in [0.05, 0.1) is 40.6 Å². The number of fused-ring (bicyclic) bond motifs is 3. The first-order valence-electron chi connectivity index (χ1n) is 7.61. The van der Waals surface area contributed by atoms with E-state index in [2.05, 4.69) is 40.0 Å². The van der Waals surface area contributed by atoms with Crippen molar-refractivity contribution in [1.82, 2.24) is 0 Å². The number of nitriles is 2. The van der Waals surface area contributed by atoms with Crippen molar-refractivity contribution in [1.29, 1.82) is 10.5 Å². The van der Waals surface area contributed by atoms with Crippen LogP contribution < -0.4 is 16.0 Å². The standard InChI is InChI=1S/C19H12IN5/c20-12-5-3-4-11(8-12)17-13(9-21)18(23)25-16-7-2-1-6-15(16)24-19(25)14(17)10-22/h1-8,17,24H,23H2/t17-/m0/s1. The maximum Gasteiger partial charge on any atom is 0.131 e. The predicted octanol–water partition coefficient (Wildman–Crippen LogP) is 3.75. The lowest BCUT2D eigenvalue weighted by Crippen LogP contribution is -2.34. The molecule has 0 bridgehead atoms. The maximum atomic E-state index is 9.87. The topological polar surface area (TPSA) is 88.9 Å². The van der Waals surface area contributed by atoms with Crippen LogP contribution in [0, 0.1) is 26.2 Å². The van der Waals surface area contributed by atoms with Gasteiger partial charge in [0.2, 0.25) is 0 Å². The smallest absolute Gasteiger partial charge is 0.131 e. The van der Waals surface area contributed by atoms with E-state index in [1.54, 1.807) is 4.90 Å². The third-order valence-electron chi connectivity index (χ3n) is 4.39. The van der Waals surface area contributed by atoms with Gasteiger partial charge in [0.25, 0.3) is 0 Å². The summed E-state index contributed by atoms with van der Waals surface area (Å²) < 4.78 is 1.04. The van der Waals surface area contributed by atoms with Gasteiger partial charge >= 0.3 is 0 Å². The Labute approximate surface area is 158 Å². The molecule has 0 saturated heterocycles. The van der Waals surface area contributed by atoms with Gasteiger partial charge in [-0.05, 0) is 52.4 Å². The molecule has 0 radical (unpaired) electrons. The minimum atomic E-state index is -0.474. The lowest BCUT2D eigenvalue weighted by Gasteiger charge is -2.31. The zero-order chi connectivity index (χ0) is 17.6. The van der Waals surface area contributed by atoms with Gasteiger partial charge in [-0.1, -0.05) is 24.3 Å². The van der Waals surface area contributed by atoms with Crippen LogP contribution in [-0.4, -0.2) is 0 Å². The highest BCUT2D eigenvalue weighted by Crippen LogP contribution is 2.47. The van der Waals surface area contributed by atoms with E-state index in [9.17, 15) is 10.5 Å². The molecule has 0 aromatic heterocycles. The molecule has 6 heteroatoms. The van der Waals surface area contributed by atoms with Gasteiger partial charge in [0.1, 0.15) is 11.6 Å². The van der Waals surface area contributed by atoms with Crippen molar-refractivity contribution in [3.8, 4) is 12.1 Å². The Hall–Kier alpha value is -2.97. The first-order valence-corrected chi connectivity index (χ1v) is 8.69. The number of benzene rings is 2. The summed E-state index contributed by atoms with van der Waals surface area (Å²) in [5.41, 5.74) is 9.84. The Morgan fingerprint density at radius 1 is 1.04 bits per heavy atom. The van der Waals surface area contributed by atoms with Crippen molar-refractivity contribution in [2.75, 3.05) is 10.2 Å². The first kappa shape index (κ1) is 15.6. The molecule has 120 valence electrons. The molecule has 0 fully saturated rings. The van der Waals surface area contributed by atoms with Gasteiger partial charge in [-0.2, -0.15) is 10.5 Å². The number of halogens is 1. The van der Waals surface area contributed by atoms with Crippen molar-refractivity contribution in [2.45, 2.75) is 5.92 Å². The van der Waals surface area contributed by atoms with Crippen molar-refractivity contribution in [3.63, 3.8) is 0 Å². The molecule has 2 aromatic carbocycles. The summed E-state index contributed by atoms with van der Waals surface area (Å²) in [5.74, 6) is 0.514. The highest BCUT2D eigenvalue weighted by atomic mass is 127. The SMILES string of the molecule is N#CC1=C(N)N2C(=C(C#N)[C@H]1c1cccc(I)c1)Nc1ccccc12. The number of rotatable bonds is 1. The molecule has 1 atom stereocenters. The molecule has 0 unspecified atom stereocenters. The second-order valence-corrected chi connectivity index (χ2v) is 7.00. The van der Waals surface area contributed by atoms with E-state index < -0.39 is 5.92 Å². The van der Waals surface area contributed by atoms with Crippen LogP contribution in [0.2, 0.25) is 0 Å². The van der Waals surface area contributed by atoms with Crippen LogP contribution in [0.15, 0.2) is 71.3 Å². The number of hydrogen-bond donors (Lipinski definition) is 2. The maximum absolute atomic E-state index is 9.87. The molecule has 2 aliphatic rings. The highest BCUT2D eigenvalue weighted by molar-refractivity contribution is 14.1. The Bertz CT molecular complexity index is 1040. The van der Waals surface area contributed by atoms with Crippen molar-refractivity contribution in [2.24, 2.45) is 5.73 Å². The number of allylic oxidation sites excluding steroid dienone is 2. The van der Waals surface area contributed by atoms with Crippen LogP contribution in [-0.2, 0) is 0 Å². The lowest BCUT2D eigenvalue weighted by atomic mass is 9.83.